The van der Waals surface area contributed by atoms with E-state index in [1.54, 1.807) is 12.4 Å². The highest BCUT2D eigenvalue weighted by Gasteiger charge is 2.45. The summed E-state index contributed by atoms with van der Waals surface area (Å²) < 4.78 is 2.46. The summed E-state index contributed by atoms with van der Waals surface area (Å²) in [7, 11) is 0. The van der Waals surface area contributed by atoms with Crippen molar-refractivity contribution >= 4 is 18.0 Å². The predicted octanol–water partition coefficient (Wildman–Crippen LogP) is 3.64. The standard InChI is InChI=1S/C25H28N6/c1-16-3-2-4-20(29-16)22-23(17-5-6-19-21(15-17)28-13-12-27-19)31-14-11-25(24(31)30-22)9-7-18(26)8-10-25/h2-6,12-13,15,18-19,21H,7-11,14,26H2,1H3. The number of hydrogen-bond acceptors (Lipinski definition) is 5. The maximum atomic E-state index is 6.25. The highest BCUT2D eigenvalue weighted by Crippen LogP contribution is 2.48. The molecule has 1 spiro atoms. The van der Waals surface area contributed by atoms with Gasteiger partial charge in [0.25, 0.3) is 0 Å². The molecule has 4 heterocycles. The first-order chi connectivity index (χ1) is 15.1. The monoisotopic (exact) mass is 412 g/mol. The number of imidazole rings is 1. The number of rotatable bonds is 2. The summed E-state index contributed by atoms with van der Waals surface area (Å²) in [5, 5.41) is 0. The Morgan fingerprint density at radius 2 is 1.84 bits per heavy atom. The third-order valence-corrected chi connectivity index (χ3v) is 7.40. The highest BCUT2D eigenvalue weighted by atomic mass is 15.1. The maximum absolute atomic E-state index is 6.25. The number of aryl methyl sites for hydroxylation is 1. The van der Waals surface area contributed by atoms with E-state index in [-0.39, 0.29) is 17.5 Å². The minimum atomic E-state index is 0.0533. The molecule has 6 heteroatoms. The zero-order valence-corrected chi connectivity index (χ0v) is 17.9. The van der Waals surface area contributed by atoms with Crippen molar-refractivity contribution in [2.75, 3.05) is 0 Å². The Balaban J connectivity index is 1.51. The van der Waals surface area contributed by atoms with Crippen LogP contribution in [-0.2, 0) is 12.0 Å². The van der Waals surface area contributed by atoms with E-state index < -0.39 is 0 Å². The normalized spacial score (nSPS) is 31.0. The Kier molecular flexibility index (Phi) is 4.32. The summed E-state index contributed by atoms with van der Waals surface area (Å²) in [6.07, 6.45) is 15.8. The van der Waals surface area contributed by atoms with Crippen LogP contribution in [0.2, 0.25) is 0 Å². The summed E-state index contributed by atoms with van der Waals surface area (Å²) >= 11 is 0. The van der Waals surface area contributed by atoms with Crippen molar-refractivity contribution in [1.29, 1.82) is 0 Å². The van der Waals surface area contributed by atoms with E-state index in [1.165, 1.54) is 17.1 Å². The number of allylic oxidation sites excluding steroid dienone is 2. The largest absolute Gasteiger partial charge is 0.328 e. The van der Waals surface area contributed by atoms with Crippen molar-refractivity contribution < 1.29 is 0 Å². The second-order valence-electron chi connectivity index (χ2n) is 9.37. The Labute approximate surface area is 182 Å². The van der Waals surface area contributed by atoms with Gasteiger partial charge < -0.3 is 10.3 Å². The number of fused-ring (bicyclic) bond motifs is 3. The molecule has 0 aromatic carbocycles. The second-order valence-corrected chi connectivity index (χ2v) is 9.37. The van der Waals surface area contributed by atoms with Crippen molar-refractivity contribution in [3.63, 3.8) is 0 Å². The van der Waals surface area contributed by atoms with Gasteiger partial charge in [-0.05, 0) is 62.8 Å². The Morgan fingerprint density at radius 1 is 1.03 bits per heavy atom. The highest BCUT2D eigenvalue weighted by molar-refractivity contribution is 6.16. The van der Waals surface area contributed by atoms with Crippen molar-refractivity contribution in [3.8, 4) is 11.4 Å². The fraction of sp³-hybridized carbons (Fsp3) is 0.440. The van der Waals surface area contributed by atoms with Gasteiger partial charge in [-0.1, -0.05) is 18.2 Å². The van der Waals surface area contributed by atoms with Crippen LogP contribution < -0.4 is 5.73 Å². The van der Waals surface area contributed by atoms with Gasteiger partial charge >= 0.3 is 0 Å². The molecule has 1 saturated carbocycles. The molecule has 2 aromatic heterocycles. The fourth-order valence-corrected chi connectivity index (χ4v) is 5.68. The molecule has 0 amide bonds. The van der Waals surface area contributed by atoms with Crippen molar-refractivity contribution in [1.82, 2.24) is 14.5 Å². The summed E-state index contributed by atoms with van der Waals surface area (Å²) in [6.45, 7) is 3.04. The third kappa shape index (κ3) is 3.04. The Morgan fingerprint density at radius 3 is 2.65 bits per heavy atom. The van der Waals surface area contributed by atoms with Gasteiger partial charge in [-0.25, -0.2) is 4.98 Å². The summed E-state index contributed by atoms with van der Waals surface area (Å²) in [6, 6.07) is 6.67. The fourth-order valence-electron chi connectivity index (χ4n) is 5.68. The molecule has 2 aliphatic heterocycles. The zero-order valence-electron chi connectivity index (χ0n) is 17.9. The molecule has 2 N–H and O–H groups in total. The molecule has 6 nitrogen and oxygen atoms in total. The average molecular weight is 413 g/mol. The number of pyridine rings is 1. The van der Waals surface area contributed by atoms with E-state index in [1.807, 2.05) is 13.0 Å². The van der Waals surface area contributed by atoms with Gasteiger partial charge in [-0.2, -0.15) is 0 Å². The van der Waals surface area contributed by atoms with Crippen LogP contribution in [0.3, 0.4) is 0 Å². The molecule has 2 aliphatic carbocycles. The summed E-state index contributed by atoms with van der Waals surface area (Å²) in [5.74, 6) is 1.23. The minimum absolute atomic E-state index is 0.0533. The SMILES string of the molecule is Cc1cccc(-c2nc3n(c2C2=CC4N=CC=NC4C=C2)CCC32CCC(N)CC2)n1. The lowest BCUT2D eigenvalue weighted by Gasteiger charge is -2.34. The summed E-state index contributed by atoms with van der Waals surface area (Å²) in [4.78, 5) is 19.3. The first-order valence-corrected chi connectivity index (χ1v) is 11.4. The zero-order chi connectivity index (χ0) is 21.0. The Hall–Kier alpha value is -2.86. The van der Waals surface area contributed by atoms with Crippen LogP contribution >= 0.6 is 0 Å². The van der Waals surface area contributed by atoms with E-state index in [9.17, 15) is 0 Å². The van der Waals surface area contributed by atoms with Crippen molar-refractivity contribution in [2.24, 2.45) is 15.7 Å². The minimum Gasteiger partial charge on any atom is -0.328 e. The maximum Gasteiger partial charge on any atom is 0.116 e. The van der Waals surface area contributed by atoms with E-state index in [0.29, 0.717) is 6.04 Å². The van der Waals surface area contributed by atoms with E-state index in [2.05, 4.69) is 44.9 Å². The van der Waals surface area contributed by atoms with Crippen LogP contribution in [-0.4, -0.2) is 45.1 Å². The summed E-state index contributed by atoms with van der Waals surface area (Å²) in [5.41, 5.74) is 11.7. The molecule has 0 radical (unpaired) electrons. The van der Waals surface area contributed by atoms with Crippen LogP contribution in [0.5, 0.6) is 0 Å². The lowest BCUT2D eigenvalue weighted by atomic mass is 9.71. The van der Waals surface area contributed by atoms with Crippen LogP contribution in [0.4, 0.5) is 0 Å². The molecule has 31 heavy (non-hydrogen) atoms. The molecule has 2 unspecified atom stereocenters. The molecule has 6 rings (SSSR count). The van der Waals surface area contributed by atoms with Crippen molar-refractivity contribution in [3.05, 3.63) is 53.6 Å². The van der Waals surface area contributed by atoms with E-state index in [0.717, 1.165) is 55.7 Å². The molecule has 4 aliphatic rings. The molecule has 1 fully saturated rings. The van der Waals surface area contributed by atoms with Gasteiger partial charge in [0.2, 0.25) is 0 Å². The molecule has 158 valence electrons. The number of nitrogens with zero attached hydrogens (tertiary/aromatic N) is 5. The van der Waals surface area contributed by atoms with Crippen LogP contribution in [0.15, 0.2) is 46.4 Å². The molecular weight excluding hydrogens is 384 g/mol. The number of aliphatic imine (C=N–C) groups is 2. The second kappa shape index (κ2) is 7.09. The van der Waals surface area contributed by atoms with Crippen LogP contribution in [0.1, 0.15) is 49.3 Å². The third-order valence-electron chi connectivity index (χ3n) is 7.40. The Bertz CT molecular complexity index is 1140. The molecule has 2 aromatic rings. The van der Waals surface area contributed by atoms with E-state index >= 15 is 0 Å². The lowest BCUT2D eigenvalue weighted by Crippen LogP contribution is -2.36. The molecule has 0 saturated heterocycles. The molecular formula is C25H28N6. The molecule has 2 atom stereocenters. The number of nitrogens with two attached hydrogens (primary N) is 1. The van der Waals surface area contributed by atoms with Crippen molar-refractivity contribution in [2.45, 2.75) is 69.1 Å². The first kappa shape index (κ1) is 18.9. The van der Waals surface area contributed by atoms with Gasteiger partial charge in [0.05, 0.1) is 23.5 Å². The van der Waals surface area contributed by atoms with Crippen LogP contribution in [0, 0.1) is 6.92 Å². The van der Waals surface area contributed by atoms with Gasteiger partial charge in [0, 0.05) is 36.1 Å². The first-order valence-electron chi connectivity index (χ1n) is 11.4. The molecule has 0 bridgehead atoms. The lowest BCUT2D eigenvalue weighted by molar-refractivity contribution is 0.264. The van der Waals surface area contributed by atoms with Gasteiger partial charge in [0.15, 0.2) is 0 Å². The topological polar surface area (TPSA) is 81.5 Å². The van der Waals surface area contributed by atoms with E-state index in [4.69, 9.17) is 15.7 Å². The smallest absolute Gasteiger partial charge is 0.116 e. The van der Waals surface area contributed by atoms with Crippen LogP contribution in [0.25, 0.3) is 17.0 Å². The predicted molar refractivity (Wildman–Crippen MR) is 125 cm³/mol. The number of aromatic nitrogens is 3. The van der Waals surface area contributed by atoms with Gasteiger partial charge in [0.1, 0.15) is 11.5 Å². The quantitative estimate of drug-likeness (QED) is 0.818. The van der Waals surface area contributed by atoms with Gasteiger partial charge in [-0.15, -0.1) is 0 Å². The average Bonchev–Trinajstić information content (AvgIpc) is 3.34. The number of hydrogen-bond donors (Lipinski definition) is 1. The van der Waals surface area contributed by atoms with Gasteiger partial charge in [-0.3, -0.25) is 15.0 Å².